The quantitative estimate of drug-likeness (QED) is 0.697. The van der Waals surface area contributed by atoms with E-state index in [1.165, 1.54) is 19.2 Å². The molecular weight excluding hydrogens is 169 g/mol. The fraction of sp³-hybridized carbons (Fsp3) is 0.300. The van der Waals surface area contributed by atoms with Crippen molar-refractivity contribution in [3.63, 3.8) is 0 Å². The van der Waals surface area contributed by atoms with Crippen molar-refractivity contribution in [1.29, 1.82) is 0 Å². The Kier molecular flexibility index (Phi) is 2.64. The molecule has 1 heterocycles. The van der Waals surface area contributed by atoms with Gasteiger partial charge in [-0.1, -0.05) is 0 Å². The van der Waals surface area contributed by atoms with Crippen molar-refractivity contribution in [3.8, 4) is 12.3 Å². The molecule has 0 radical (unpaired) electrons. The highest BCUT2D eigenvalue weighted by atomic mass is 19.1. The fourth-order valence-electron chi connectivity index (χ4n) is 1.01. The topological polar surface area (TPSA) is 33.1 Å². The van der Waals surface area contributed by atoms with E-state index in [4.69, 9.17) is 6.42 Å². The highest BCUT2D eigenvalue weighted by Gasteiger charge is 2.22. The highest BCUT2D eigenvalue weighted by molar-refractivity contribution is 5.19. The summed E-state index contributed by atoms with van der Waals surface area (Å²) in [6.45, 7) is 1.53. The number of hydrogen-bond acceptors (Lipinski definition) is 2. The van der Waals surface area contributed by atoms with Gasteiger partial charge in [0, 0.05) is 18.2 Å². The van der Waals surface area contributed by atoms with Gasteiger partial charge in [-0.15, -0.1) is 12.3 Å². The first-order valence-corrected chi connectivity index (χ1v) is 3.83. The van der Waals surface area contributed by atoms with Gasteiger partial charge in [-0.25, -0.2) is 4.39 Å². The zero-order valence-electron chi connectivity index (χ0n) is 7.29. The van der Waals surface area contributed by atoms with E-state index >= 15 is 0 Å². The first-order chi connectivity index (χ1) is 6.06. The summed E-state index contributed by atoms with van der Waals surface area (Å²) in [7, 11) is 0. The fourth-order valence-corrected chi connectivity index (χ4v) is 1.01. The molecule has 0 aliphatic carbocycles. The van der Waals surface area contributed by atoms with E-state index in [2.05, 4.69) is 10.9 Å². The zero-order chi connectivity index (χ0) is 9.90. The van der Waals surface area contributed by atoms with Crippen molar-refractivity contribution >= 4 is 0 Å². The van der Waals surface area contributed by atoms with E-state index in [-0.39, 0.29) is 6.42 Å². The molecule has 1 aromatic heterocycles. The van der Waals surface area contributed by atoms with Gasteiger partial charge in [0.15, 0.2) is 0 Å². The molecule has 0 fully saturated rings. The van der Waals surface area contributed by atoms with Gasteiger partial charge in [0.25, 0.3) is 0 Å². The lowest BCUT2D eigenvalue weighted by Crippen LogP contribution is -2.20. The van der Waals surface area contributed by atoms with Gasteiger partial charge < -0.3 is 5.11 Å². The average Bonchev–Trinajstić information content (AvgIpc) is 2.04. The number of pyridine rings is 1. The summed E-state index contributed by atoms with van der Waals surface area (Å²) >= 11 is 0. The normalized spacial score (nSPS) is 14.6. The number of rotatable bonds is 2. The van der Waals surface area contributed by atoms with Gasteiger partial charge in [0.1, 0.15) is 5.82 Å². The molecule has 0 bridgehead atoms. The van der Waals surface area contributed by atoms with E-state index in [9.17, 15) is 9.50 Å². The second kappa shape index (κ2) is 3.55. The van der Waals surface area contributed by atoms with Crippen molar-refractivity contribution in [1.82, 2.24) is 4.98 Å². The van der Waals surface area contributed by atoms with Crippen molar-refractivity contribution in [2.75, 3.05) is 0 Å². The largest absolute Gasteiger partial charge is 0.384 e. The van der Waals surface area contributed by atoms with Crippen LogP contribution in [0.1, 0.15) is 18.9 Å². The van der Waals surface area contributed by atoms with Crippen LogP contribution < -0.4 is 0 Å². The molecule has 0 aliphatic rings. The zero-order valence-corrected chi connectivity index (χ0v) is 7.29. The summed E-state index contributed by atoms with van der Waals surface area (Å²) in [5.41, 5.74) is -0.811. The molecule has 0 aliphatic heterocycles. The van der Waals surface area contributed by atoms with Crippen molar-refractivity contribution in [3.05, 3.63) is 29.8 Å². The number of aliphatic hydroxyl groups is 1. The van der Waals surface area contributed by atoms with Crippen LogP contribution in [0.25, 0.3) is 0 Å². The van der Waals surface area contributed by atoms with Crippen LogP contribution in [-0.4, -0.2) is 10.1 Å². The van der Waals surface area contributed by atoms with E-state index in [0.29, 0.717) is 5.56 Å². The number of hydrogen-bond donors (Lipinski definition) is 1. The van der Waals surface area contributed by atoms with E-state index in [0.717, 1.165) is 6.20 Å². The van der Waals surface area contributed by atoms with Gasteiger partial charge in [0.2, 0.25) is 0 Å². The molecule has 1 aromatic rings. The maximum absolute atomic E-state index is 12.7. The van der Waals surface area contributed by atoms with Crippen molar-refractivity contribution in [2.24, 2.45) is 0 Å². The van der Waals surface area contributed by atoms with Crippen LogP contribution in [0.15, 0.2) is 18.5 Å². The van der Waals surface area contributed by atoms with Crippen molar-refractivity contribution in [2.45, 2.75) is 18.9 Å². The number of terminal acetylenes is 1. The molecule has 13 heavy (non-hydrogen) atoms. The summed E-state index contributed by atoms with van der Waals surface area (Å²) in [6.07, 6.45) is 7.68. The minimum atomic E-state index is -1.20. The van der Waals surface area contributed by atoms with Gasteiger partial charge in [-0.3, -0.25) is 4.98 Å². The molecular formula is C10H10FNO. The maximum atomic E-state index is 12.7. The van der Waals surface area contributed by atoms with Crippen molar-refractivity contribution < 1.29 is 9.50 Å². The molecule has 2 nitrogen and oxygen atoms in total. The molecule has 1 atom stereocenters. The van der Waals surface area contributed by atoms with Crippen LogP contribution >= 0.6 is 0 Å². The first kappa shape index (κ1) is 9.69. The van der Waals surface area contributed by atoms with E-state index in [1.807, 2.05) is 0 Å². The smallest absolute Gasteiger partial charge is 0.141 e. The highest BCUT2D eigenvalue weighted by Crippen LogP contribution is 2.23. The van der Waals surface area contributed by atoms with Crippen LogP contribution in [0.5, 0.6) is 0 Å². The molecule has 68 valence electrons. The molecule has 0 aromatic carbocycles. The minimum Gasteiger partial charge on any atom is -0.384 e. The molecule has 0 amide bonds. The van der Waals surface area contributed by atoms with E-state index < -0.39 is 11.4 Å². The SMILES string of the molecule is C#CCC(C)(O)c1cncc(F)c1. The summed E-state index contributed by atoms with van der Waals surface area (Å²) in [5, 5.41) is 9.76. The lowest BCUT2D eigenvalue weighted by Gasteiger charge is -2.20. The standard InChI is InChI=1S/C10H10FNO/c1-3-4-10(2,13)8-5-9(11)7-12-6-8/h1,5-7,13H,4H2,2H3. The minimum absolute atomic E-state index is 0.137. The van der Waals surface area contributed by atoms with Crippen LogP contribution in [0.3, 0.4) is 0 Å². The van der Waals surface area contributed by atoms with E-state index in [1.54, 1.807) is 0 Å². The third-order valence-electron chi connectivity index (χ3n) is 1.77. The summed E-state index contributed by atoms with van der Waals surface area (Å²) in [4.78, 5) is 3.63. The molecule has 0 saturated carbocycles. The molecule has 0 saturated heterocycles. The molecule has 1 rings (SSSR count). The Balaban J connectivity index is 3.01. The lowest BCUT2D eigenvalue weighted by atomic mass is 9.94. The Morgan fingerprint density at radius 1 is 1.69 bits per heavy atom. The second-order valence-corrected chi connectivity index (χ2v) is 3.05. The predicted molar refractivity (Wildman–Crippen MR) is 47.2 cm³/mol. The monoisotopic (exact) mass is 179 g/mol. The number of nitrogens with zero attached hydrogens (tertiary/aromatic N) is 1. The summed E-state index contributed by atoms with van der Waals surface area (Å²) < 4.78 is 12.7. The molecule has 3 heteroatoms. The van der Waals surface area contributed by atoms with Crippen LogP contribution in [-0.2, 0) is 5.60 Å². The molecule has 1 unspecified atom stereocenters. The molecule has 0 spiro atoms. The van der Waals surface area contributed by atoms with Gasteiger partial charge in [-0.2, -0.15) is 0 Å². The van der Waals surface area contributed by atoms with Gasteiger partial charge >= 0.3 is 0 Å². The van der Waals surface area contributed by atoms with Gasteiger partial charge in [-0.05, 0) is 13.0 Å². The Bertz CT molecular complexity index is 341. The lowest BCUT2D eigenvalue weighted by molar-refractivity contribution is 0.0622. The number of halogens is 1. The summed E-state index contributed by atoms with van der Waals surface area (Å²) in [5.74, 6) is 1.85. The third kappa shape index (κ3) is 2.27. The van der Waals surface area contributed by atoms with Crippen LogP contribution in [0.4, 0.5) is 4.39 Å². The Morgan fingerprint density at radius 2 is 2.38 bits per heavy atom. The second-order valence-electron chi connectivity index (χ2n) is 3.05. The average molecular weight is 179 g/mol. The Labute approximate surface area is 76.4 Å². The molecule has 1 N–H and O–H groups in total. The predicted octanol–water partition coefficient (Wildman–Crippen LogP) is 1.45. The first-order valence-electron chi connectivity index (χ1n) is 3.83. The summed E-state index contributed by atoms with van der Waals surface area (Å²) in [6, 6.07) is 1.23. The number of aromatic nitrogens is 1. The maximum Gasteiger partial charge on any atom is 0.141 e. The van der Waals surface area contributed by atoms with Crippen LogP contribution in [0.2, 0.25) is 0 Å². The van der Waals surface area contributed by atoms with Crippen LogP contribution in [0, 0.1) is 18.2 Å². The van der Waals surface area contributed by atoms with Gasteiger partial charge in [0.05, 0.1) is 11.8 Å². The Morgan fingerprint density at radius 3 is 2.92 bits per heavy atom. The third-order valence-corrected chi connectivity index (χ3v) is 1.77. The Hall–Kier alpha value is -1.40.